The van der Waals surface area contributed by atoms with E-state index in [0.29, 0.717) is 0 Å². The van der Waals surface area contributed by atoms with Gasteiger partial charge in [-0.1, -0.05) is 0 Å². The van der Waals surface area contributed by atoms with E-state index in [-0.39, 0.29) is 24.8 Å². The van der Waals surface area contributed by atoms with Crippen LogP contribution in [0.1, 0.15) is 17.5 Å². The van der Waals surface area contributed by atoms with Gasteiger partial charge in [0.05, 0.1) is 0 Å². The normalized spacial score (nSPS) is 18.2. The number of allylic oxidation sites excluding steroid dienone is 5. The number of benzene rings is 1. The van der Waals surface area contributed by atoms with Crippen molar-refractivity contribution < 1.29 is 18.6 Å². The first kappa shape index (κ1) is 22.4. The van der Waals surface area contributed by atoms with E-state index in [4.69, 9.17) is 0 Å². The van der Waals surface area contributed by atoms with E-state index < -0.39 is 29.7 Å². The third-order valence-electron chi connectivity index (χ3n) is 5.60. The molecule has 0 N–H and O–H groups in total. The van der Waals surface area contributed by atoms with Crippen molar-refractivity contribution in [2.45, 2.75) is 45.6 Å². The molecule has 0 aromatic heterocycles. The molecule has 0 fully saturated rings. The van der Waals surface area contributed by atoms with Gasteiger partial charge in [-0.2, -0.15) is 0 Å². The van der Waals surface area contributed by atoms with Gasteiger partial charge in [0.15, 0.2) is 0 Å². The Morgan fingerprint density at radius 1 is 1.00 bits per heavy atom. The molecule has 0 nitrogen and oxygen atoms in total. The first-order valence-electron chi connectivity index (χ1n) is 8.52. The zero-order chi connectivity index (χ0) is 16.0. The van der Waals surface area contributed by atoms with Gasteiger partial charge >= 0.3 is 142 Å². The molecule has 1 aromatic rings. The summed E-state index contributed by atoms with van der Waals surface area (Å²) in [6.07, 6.45) is 12.4. The minimum absolute atomic E-state index is 0. The summed E-state index contributed by atoms with van der Waals surface area (Å²) in [5.41, 5.74) is 3.09. The third-order valence-corrected chi connectivity index (χ3v) is 80.4. The molecular weight excluding hydrogens is 447 g/mol. The smallest absolute Gasteiger partial charge is 0.147 e. The minimum atomic E-state index is -2.43. The quantitative estimate of drug-likeness (QED) is 0.451. The van der Waals surface area contributed by atoms with Crippen molar-refractivity contribution in [3.8, 4) is 0 Å². The van der Waals surface area contributed by atoms with E-state index in [9.17, 15) is 0 Å². The summed E-state index contributed by atoms with van der Waals surface area (Å²) in [5, 5.41) is -1.17. The number of halogens is 2. The van der Waals surface area contributed by atoms with Gasteiger partial charge in [0.2, 0.25) is 0 Å². The molecule has 0 heterocycles. The van der Waals surface area contributed by atoms with E-state index >= 15 is 0 Å². The standard InChI is InChI=1S/C9H7.C5H5.C3H9Si.C2H7Si.2ClH.Zr/c1-2-5-9-7-3-6-8(9)4-1;1-2-4-5-3-1;1-4(2)3;1-3-2;;;/h1-2,4-6H,7H2;1-3H,4H2;1-3H3;3H,1-2H3;2*1H;. The molecule has 5 heteroatoms. The Morgan fingerprint density at radius 2 is 1.67 bits per heavy atom. The number of rotatable bonds is 4. The molecule has 132 valence electrons. The van der Waals surface area contributed by atoms with Gasteiger partial charge in [-0.15, -0.1) is 24.8 Å². The molecule has 0 aliphatic heterocycles. The summed E-state index contributed by atoms with van der Waals surface area (Å²) in [6, 6.07) is 9.09. The molecule has 2 aliphatic rings. The predicted octanol–water partition coefficient (Wildman–Crippen LogP) is 6.24. The molecule has 24 heavy (non-hydrogen) atoms. The molecule has 0 amide bonds. The molecule has 3 rings (SSSR count). The van der Waals surface area contributed by atoms with Crippen LogP contribution >= 0.6 is 24.8 Å². The summed E-state index contributed by atoms with van der Waals surface area (Å²) in [4.78, 5) is 0. The van der Waals surface area contributed by atoms with Gasteiger partial charge < -0.3 is 0 Å². The van der Waals surface area contributed by atoms with Crippen molar-refractivity contribution in [2.24, 2.45) is 0 Å². The van der Waals surface area contributed by atoms with Crippen LogP contribution in [-0.2, 0) is 25.0 Å². The van der Waals surface area contributed by atoms with Crippen molar-refractivity contribution in [1.82, 2.24) is 0 Å². The Morgan fingerprint density at radius 3 is 2.17 bits per heavy atom. The fraction of sp³-hybridized carbons (Fsp3) is 0.368. The largest absolute Gasteiger partial charge is 0.147 e. The number of hydrogen-bond acceptors (Lipinski definition) is 0. The molecule has 0 bridgehead atoms. The fourth-order valence-corrected chi connectivity index (χ4v) is 88.3. The van der Waals surface area contributed by atoms with Gasteiger partial charge in [-0.3, -0.25) is 0 Å². The van der Waals surface area contributed by atoms with Gasteiger partial charge in [0, 0.05) is 0 Å². The first-order chi connectivity index (χ1) is 10.4. The van der Waals surface area contributed by atoms with Crippen LogP contribution < -0.4 is 0 Å². The average Bonchev–Trinajstić information content (AvgIpc) is 3.06. The second-order valence-corrected chi connectivity index (χ2v) is 54.8. The van der Waals surface area contributed by atoms with Gasteiger partial charge in [-0.25, -0.2) is 0 Å². The first-order valence-corrected chi connectivity index (χ1v) is 25.3. The van der Waals surface area contributed by atoms with Crippen molar-refractivity contribution in [3.05, 3.63) is 60.2 Å². The topological polar surface area (TPSA) is 0 Å². The average molecular weight is 477 g/mol. The van der Waals surface area contributed by atoms with Crippen LogP contribution in [0.2, 0.25) is 32.7 Å². The zero-order valence-electron chi connectivity index (χ0n) is 15.4. The van der Waals surface area contributed by atoms with E-state index in [1.165, 1.54) is 18.4 Å². The second-order valence-electron chi connectivity index (χ2n) is 8.08. The Bertz CT molecular complexity index is 687. The van der Waals surface area contributed by atoms with Crippen LogP contribution in [-0.4, -0.2) is 11.1 Å². The Kier molecular flexibility index (Phi) is 7.79. The SMILES string of the molecule is C[SiH](C)[Zr]([C]1=CC=CC1)([C]1=Cc2ccccc2C1)[Si](C)(C)C.Cl.Cl. The number of hydrogen-bond donors (Lipinski definition) is 0. The molecule has 1 unspecified atom stereocenters. The minimum Gasteiger partial charge on any atom is -0.147 e. The summed E-state index contributed by atoms with van der Waals surface area (Å²) in [5.74, 6) is -0.689. The zero-order valence-corrected chi connectivity index (χ0v) is 21.7. The molecular formula is C19H30Cl2Si2Zr. The fourth-order valence-electron chi connectivity index (χ4n) is 5.05. The Hall–Kier alpha value is 0.337. The van der Waals surface area contributed by atoms with E-state index in [2.05, 4.69) is 81.3 Å². The maximum atomic E-state index is 2.68. The van der Waals surface area contributed by atoms with Crippen LogP contribution in [0.15, 0.2) is 49.1 Å². The van der Waals surface area contributed by atoms with E-state index in [1.807, 2.05) is 6.56 Å². The van der Waals surface area contributed by atoms with Gasteiger partial charge in [0.1, 0.15) is 0 Å². The summed E-state index contributed by atoms with van der Waals surface area (Å²) in [7, 11) is 0. The van der Waals surface area contributed by atoms with Crippen LogP contribution in [0.5, 0.6) is 0 Å². The summed E-state index contributed by atoms with van der Waals surface area (Å²) in [6.45, 7) is 13.4. The van der Waals surface area contributed by atoms with Crippen LogP contribution in [0, 0.1) is 0 Å². The third kappa shape index (κ3) is 3.57. The Labute approximate surface area is 165 Å². The maximum Gasteiger partial charge on any atom is -0.147 e. The Balaban J connectivity index is 0.00000144. The molecule has 2 aliphatic carbocycles. The van der Waals surface area contributed by atoms with Gasteiger partial charge in [0.25, 0.3) is 0 Å². The van der Waals surface area contributed by atoms with Crippen molar-refractivity contribution in [2.75, 3.05) is 0 Å². The number of fused-ring (bicyclic) bond motifs is 1. The predicted molar refractivity (Wildman–Crippen MR) is 117 cm³/mol. The monoisotopic (exact) mass is 474 g/mol. The second kappa shape index (κ2) is 8.35. The van der Waals surface area contributed by atoms with E-state index in [1.54, 1.807) is 5.56 Å². The van der Waals surface area contributed by atoms with Crippen molar-refractivity contribution >= 4 is 42.0 Å². The maximum absolute atomic E-state index is 2.68. The van der Waals surface area contributed by atoms with Crippen LogP contribution in [0.25, 0.3) is 6.08 Å². The molecule has 0 saturated carbocycles. The molecule has 0 saturated heterocycles. The molecule has 0 radical (unpaired) electrons. The molecule has 1 atom stereocenters. The van der Waals surface area contributed by atoms with E-state index in [0.717, 1.165) is 0 Å². The van der Waals surface area contributed by atoms with Crippen LogP contribution in [0.4, 0.5) is 0 Å². The van der Waals surface area contributed by atoms with Crippen molar-refractivity contribution in [1.29, 1.82) is 0 Å². The molecule has 0 spiro atoms. The molecule has 1 aromatic carbocycles. The van der Waals surface area contributed by atoms with Crippen LogP contribution in [0.3, 0.4) is 0 Å². The van der Waals surface area contributed by atoms with Crippen molar-refractivity contribution in [3.63, 3.8) is 0 Å². The summed E-state index contributed by atoms with van der Waals surface area (Å²) < 4.78 is 3.86. The summed E-state index contributed by atoms with van der Waals surface area (Å²) >= 11 is -2.43. The van der Waals surface area contributed by atoms with Gasteiger partial charge in [-0.05, 0) is 0 Å².